The van der Waals surface area contributed by atoms with Gasteiger partial charge in [0.2, 0.25) is 0 Å². The Labute approximate surface area is 257 Å². The molecule has 3 aromatic carbocycles. The molecule has 0 unspecified atom stereocenters. The Morgan fingerprint density at radius 1 is 1.02 bits per heavy atom. The number of carbonyl (C=O) groups is 2. The second kappa shape index (κ2) is 15.2. The number of aromatic nitrogens is 2. The maximum Gasteiger partial charge on any atom is 0.445 e. The Kier molecular flexibility index (Phi) is 10.8. The van der Waals surface area contributed by atoms with Crippen LogP contribution in [0.4, 0.5) is 4.79 Å². The minimum Gasteiger partial charge on any atom is -0.478 e. The van der Waals surface area contributed by atoms with E-state index in [9.17, 15) is 24.8 Å². The van der Waals surface area contributed by atoms with Crippen molar-refractivity contribution in [3.05, 3.63) is 93.5 Å². The molecule has 0 saturated carbocycles. The first kappa shape index (κ1) is 32.2. The fraction of sp³-hybridized carbons (Fsp3) is 0.267. The molecule has 0 aliphatic carbocycles. The Hall–Kier alpha value is -5.70. The molecule has 5 N–H and O–H groups in total. The highest BCUT2D eigenvalue weighted by atomic mass is 16.9. The Bertz CT molecular complexity index is 1690. The average Bonchev–Trinajstić information content (AvgIpc) is 3.37. The molecule has 0 bridgehead atoms. The third-order valence-electron chi connectivity index (χ3n) is 6.66. The summed E-state index contributed by atoms with van der Waals surface area (Å²) in [6.45, 7) is 2.53. The number of hydrogen-bond donors (Lipinski definition) is 3. The van der Waals surface area contributed by atoms with Crippen molar-refractivity contribution in [1.82, 2.24) is 14.7 Å². The number of benzene rings is 3. The summed E-state index contributed by atoms with van der Waals surface area (Å²) < 4.78 is 12.6. The van der Waals surface area contributed by atoms with E-state index in [0.717, 1.165) is 16.7 Å². The maximum absolute atomic E-state index is 12.3. The number of fused-ring (bicyclic) bond motifs is 1. The number of rotatable bonds is 15. The number of hydrazone groups is 1. The summed E-state index contributed by atoms with van der Waals surface area (Å²) >= 11 is 0. The van der Waals surface area contributed by atoms with E-state index in [1.165, 1.54) is 6.07 Å². The zero-order valence-electron chi connectivity index (χ0n) is 24.5. The fourth-order valence-corrected chi connectivity index (χ4v) is 4.61. The lowest BCUT2D eigenvalue weighted by Crippen LogP contribution is -2.36. The van der Waals surface area contributed by atoms with E-state index in [1.807, 2.05) is 43.3 Å². The summed E-state index contributed by atoms with van der Waals surface area (Å²) in [4.78, 5) is 43.1. The predicted molar refractivity (Wildman–Crippen MR) is 164 cm³/mol. The lowest BCUT2D eigenvalue weighted by atomic mass is 9.98. The molecule has 4 aromatic rings. The minimum atomic E-state index is -1.06. The number of aromatic carboxylic acids is 1. The molecule has 1 aromatic heterocycles. The molecule has 0 spiro atoms. The first-order valence-corrected chi connectivity index (χ1v) is 14.1. The lowest BCUT2D eigenvalue weighted by molar-refractivity contribution is -0.757. The van der Waals surface area contributed by atoms with Crippen molar-refractivity contribution in [3.63, 3.8) is 0 Å². The summed E-state index contributed by atoms with van der Waals surface area (Å²) in [6, 6.07) is 20.1. The van der Waals surface area contributed by atoms with Crippen molar-refractivity contribution in [2.45, 2.75) is 32.7 Å². The predicted octanol–water partition coefficient (Wildman–Crippen LogP) is 4.16. The highest BCUT2D eigenvalue weighted by molar-refractivity contribution is 6.04. The monoisotopic (exact) mass is 619 g/mol. The summed E-state index contributed by atoms with van der Waals surface area (Å²) in [5, 5.41) is 23.6. The van der Waals surface area contributed by atoms with Crippen LogP contribution >= 0.6 is 0 Å². The molecule has 0 aliphatic rings. The number of hydrogen-bond acceptors (Lipinski definition) is 10. The SMILES string of the molecule is CCOc1nc2cccc(C(=O)O)c2n1Cc1ccc(-c2ccccc2/C(N)=N/N(N)C(=O)OCCCCCO[N+](=O)[O-])cc1. The van der Waals surface area contributed by atoms with Gasteiger partial charge in [-0.25, -0.2) is 15.4 Å². The van der Waals surface area contributed by atoms with E-state index in [4.69, 9.17) is 21.1 Å². The van der Waals surface area contributed by atoms with Crippen LogP contribution in [0.2, 0.25) is 0 Å². The second-order valence-corrected chi connectivity index (χ2v) is 9.70. The Balaban J connectivity index is 1.47. The van der Waals surface area contributed by atoms with Gasteiger partial charge in [0, 0.05) is 5.56 Å². The van der Waals surface area contributed by atoms with Crippen LogP contribution in [0, 0.1) is 10.1 Å². The van der Waals surface area contributed by atoms with Gasteiger partial charge >= 0.3 is 12.1 Å². The standard InChI is InChI=1S/C30H33N7O8/c1-2-43-29-33-25-12-8-11-24(28(38)39)26(25)35(29)19-20-13-15-21(16-14-20)22-9-4-5-10-23(22)27(31)34-36(32)30(40)44-17-6-3-7-18-45-37(41)42/h4-5,8-16H,2-3,6-7,17-19,32H2,1H3,(H2,31,34)(H,38,39). The molecular formula is C30H33N7O8. The lowest BCUT2D eigenvalue weighted by Gasteiger charge is -2.14. The van der Waals surface area contributed by atoms with Gasteiger partial charge in [0.25, 0.3) is 11.1 Å². The van der Waals surface area contributed by atoms with Crippen molar-refractivity contribution >= 4 is 28.9 Å². The van der Waals surface area contributed by atoms with Gasteiger partial charge in [0.15, 0.2) is 5.84 Å². The zero-order valence-corrected chi connectivity index (χ0v) is 24.5. The second-order valence-electron chi connectivity index (χ2n) is 9.70. The highest BCUT2D eigenvalue weighted by Crippen LogP contribution is 2.28. The molecule has 0 aliphatic heterocycles. The van der Waals surface area contributed by atoms with E-state index in [0.29, 0.717) is 60.1 Å². The third-order valence-corrected chi connectivity index (χ3v) is 6.66. The van der Waals surface area contributed by atoms with Gasteiger partial charge in [0.05, 0.1) is 43.0 Å². The molecular weight excluding hydrogens is 586 g/mol. The van der Waals surface area contributed by atoms with Crippen molar-refractivity contribution < 1.29 is 34.1 Å². The van der Waals surface area contributed by atoms with Crippen LogP contribution < -0.4 is 16.3 Å². The van der Waals surface area contributed by atoms with E-state index in [-0.39, 0.29) is 24.6 Å². The number of carboxylic acids is 1. The van der Waals surface area contributed by atoms with Crippen molar-refractivity contribution in [1.29, 1.82) is 0 Å². The summed E-state index contributed by atoms with van der Waals surface area (Å²) in [5.74, 6) is 4.70. The number of carbonyl (C=O) groups excluding carboxylic acids is 1. The molecule has 4 rings (SSSR count). The van der Waals surface area contributed by atoms with Crippen LogP contribution in [0.1, 0.15) is 47.7 Å². The van der Waals surface area contributed by atoms with Gasteiger partial charge in [-0.2, -0.15) is 4.98 Å². The number of nitrogens with two attached hydrogens (primary N) is 2. The van der Waals surface area contributed by atoms with Gasteiger partial charge in [-0.3, -0.25) is 4.57 Å². The molecule has 15 heteroatoms. The van der Waals surface area contributed by atoms with Crippen molar-refractivity contribution in [3.8, 4) is 17.1 Å². The van der Waals surface area contributed by atoms with Crippen molar-refractivity contribution in [2.75, 3.05) is 19.8 Å². The molecule has 1 heterocycles. The molecule has 0 radical (unpaired) electrons. The van der Waals surface area contributed by atoms with Gasteiger partial charge in [-0.1, -0.05) is 54.6 Å². The number of amidine groups is 1. The molecule has 0 saturated heterocycles. The van der Waals surface area contributed by atoms with Crippen LogP contribution in [0.25, 0.3) is 22.2 Å². The smallest absolute Gasteiger partial charge is 0.445 e. The number of amides is 1. The number of unbranched alkanes of at least 4 members (excludes halogenated alkanes) is 2. The van der Waals surface area contributed by atoms with Crippen LogP contribution in [-0.4, -0.2) is 62.6 Å². The average molecular weight is 620 g/mol. The van der Waals surface area contributed by atoms with Crippen molar-refractivity contribution in [2.24, 2.45) is 16.7 Å². The van der Waals surface area contributed by atoms with E-state index < -0.39 is 17.1 Å². The number of hydrazine groups is 1. The molecule has 236 valence electrons. The van der Waals surface area contributed by atoms with Gasteiger partial charge < -0.3 is 25.2 Å². The molecule has 45 heavy (non-hydrogen) atoms. The number of ether oxygens (including phenoxy) is 2. The Morgan fingerprint density at radius 3 is 2.44 bits per heavy atom. The largest absolute Gasteiger partial charge is 0.478 e. The number of imidazole rings is 1. The van der Waals surface area contributed by atoms with Crippen LogP contribution in [-0.2, 0) is 16.1 Å². The zero-order chi connectivity index (χ0) is 32.3. The normalized spacial score (nSPS) is 11.3. The van der Waals surface area contributed by atoms with Crippen LogP contribution in [0.15, 0.2) is 71.8 Å². The molecule has 0 fully saturated rings. The first-order valence-electron chi connectivity index (χ1n) is 14.1. The quantitative estimate of drug-likeness (QED) is 0.0327. The summed E-state index contributed by atoms with van der Waals surface area (Å²) in [7, 11) is 0. The van der Waals surface area contributed by atoms with Crippen LogP contribution in [0.3, 0.4) is 0 Å². The molecule has 1 amide bonds. The first-order chi connectivity index (χ1) is 21.7. The van der Waals surface area contributed by atoms with Gasteiger partial charge in [-0.05, 0) is 55.0 Å². The highest BCUT2D eigenvalue weighted by Gasteiger charge is 2.19. The maximum atomic E-state index is 12.3. The fourth-order valence-electron chi connectivity index (χ4n) is 4.61. The van der Waals surface area contributed by atoms with Gasteiger partial charge in [-0.15, -0.1) is 20.3 Å². The van der Waals surface area contributed by atoms with E-state index in [2.05, 4.69) is 14.9 Å². The number of nitrogens with zero attached hydrogens (tertiary/aromatic N) is 5. The molecule has 0 atom stereocenters. The van der Waals surface area contributed by atoms with Crippen LogP contribution in [0.5, 0.6) is 6.01 Å². The number of carboxylic acid groups (broad SMARTS) is 1. The minimum absolute atomic E-state index is 0.0153. The van der Waals surface area contributed by atoms with Gasteiger partial charge in [0.1, 0.15) is 0 Å². The Morgan fingerprint density at radius 2 is 1.73 bits per heavy atom. The van der Waals surface area contributed by atoms with E-state index >= 15 is 0 Å². The topological polar surface area (TPSA) is 211 Å². The summed E-state index contributed by atoms with van der Waals surface area (Å²) in [6.07, 6.45) is 0.544. The summed E-state index contributed by atoms with van der Waals surface area (Å²) in [5.41, 5.74) is 10.3. The molecule has 15 nitrogen and oxygen atoms in total. The third kappa shape index (κ3) is 8.23. The number of para-hydroxylation sites is 1. The van der Waals surface area contributed by atoms with E-state index in [1.54, 1.807) is 28.8 Å².